The zero-order valence-corrected chi connectivity index (χ0v) is 18.0. The van der Waals surface area contributed by atoms with Crippen molar-refractivity contribution >= 4 is 34.6 Å². The third-order valence-corrected chi connectivity index (χ3v) is 6.54. The number of unbranched alkanes of at least 4 members (excludes halogenated alkanes) is 2. The minimum absolute atomic E-state index is 0.109. The second-order valence-electron chi connectivity index (χ2n) is 8.13. The quantitative estimate of drug-likeness (QED) is 0.571. The summed E-state index contributed by atoms with van der Waals surface area (Å²) >= 11 is 1.80. The Hall–Kier alpha value is -1.88. The Morgan fingerprint density at radius 1 is 1.27 bits per heavy atom. The van der Waals surface area contributed by atoms with Gasteiger partial charge in [-0.3, -0.25) is 4.79 Å². The van der Waals surface area contributed by atoms with E-state index in [1.807, 2.05) is 30.7 Å². The molecule has 4 rings (SSSR count). The summed E-state index contributed by atoms with van der Waals surface area (Å²) in [5, 5.41) is 9.50. The van der Waals surface area contributed by atoms with Crippen molar-refractivity contribution in [2.75, 3.05) is 17.2 Å². The van der Waals surface area contributed by atoms with Crippen LogP contribution < -0.4 is 5.73 Å². The predicted octanol–water partition coefficient (Wildman–Crippen LogP) is 2.81. The third kappa shape index (κ3) is 4.41. The molecule has 0 radical (unpaired) electrons. The molecule has 0 unspecified atom stereocenters. The summed E-state index contributed by atoms with van der Waals surface area (Å²) in [6.45, 7) is 3.84. The molecule has 4 atom stereocenters. The first-order chi connectivity index (χ1) is 14.4. The molecule has 2 aromatic rings. The maximum Gasteiger partial charge on any atom is 0.303 e. The largest absolute Gasteiger partial charge is 0.481 e. The number of hydrogen-bond acceptors (Lipinski definition) is 8. The molecule has 2 fully saturated rings. The maximum atomic E-state index is 10.6. The second kappa shape index (κ2) is 8.70. The Balaban J connectivity index is 1.41. The lowest BCUT2D eigenvalue weighted by molar-refractivity contribution is -0.193. The molecule has 0 spiro atoms. The zero-order chi connectivity index (χ0) is 21.3. The van der Waals surface area contributed by atoms with E-state index in [9.17, 15) is 4.79 Å². The Morgan fingerprint density at radius 3 is 2.87 bits per heavy atom. The lowest BCUT2D eigenvalue weighted by Gasteiger charge is -2.25. The number of ether oxygens (including phenoxy) is 3. The monoisotopic (exact) mass is 436 g/mol. The number of aromatic nitrogens is 3. The van der Waals surface area contributed by atoms with Crippen LogP contribution in [-0.2, 0) is 19.0 Å². The number of carboxylic acid groups (broad SMARTS) is 1. The van der Waals surface area contributed by atoms with Crippen molar-refractivity contribution in [3.05, 3.63) is 18.6 Å². The number of carboxylic acids is 1. The van der Waals surface area contributed by atoms with Crippen LogP contribution >= 0.6 is 11.8 Å². The summed E-state index contributed by atoms with van der Waals surface area (Å²) in [5.41, 5.74) is 6.69. The van der Waals surface area contributed by atoms with Crippen LogP contribution in [0.4, 0.5) is 5.82 Å². The highest BCUT2D eigenvalue weighted by Gasteiger charge is 2.55. The van der Waals surface area contributed by atoms with E-state index in [2.05, 4.69) is 9.97 Å². The van der Waals surface area contributed by atoms with Gasteiger partial charge in [0.1, 0.15) is 30.0 Å². The van der Waals surface area contributed by atoms with Crippen LogP contribution in [0.1, 0.15) is 45.8 Å². The summed E-state index contributed by atoms with van der Waals surface area (Å²) in [7, 11) is 0. The van der Waals surface area contributed by atoms with Crippen LogP contribution in [0, 0.1) is 0 Å². The molecule has 30 heavy (non-hydrogen) atoms. The van der Waals surface area contributed by atoms with Gasteiger partial charge in [0.05, 0.1) is 11.5 Å². The summed E-state index contributed by atoms with van der Waals surface area (Å²) in [4.78, 5) is 19.0. The summed E-state index contributed by atoms with van der Waals surface area (Å²) in [5.74, 6) is 0.777. The average Bonchev–Trinajstić information content (AvgIpc) is 3.33. The number of anilines is 1. The number of rotatable bonds is 9. The molecule has 0 saturated carbocycles. The molecule has 10 heteroatoms. The van der Waals surface area contributed by atoms with Crippen LogP contribution in [-0.4, -0.2) is 61.2 Å². The highest BCUT2D eigenvalue weighted by atomic mass is 32.2. The van der Waals surface area contributed by atoms with Crippen molar-refractivity contribution < 1.29 is 24.1 Å². The highest BCUT2D eigenvalue weighted by Crippen LogP contribution is 2.44. The Bertz CT molecular complexity index is 904. The number of nitrogen functional groups attached to an aromatic ring is 1. The Morgan fingerprint density at radius 2 is 2.07 bits per heavy atom. The SMILES string of the molecule is CC1(C)O[C@@H]2[C@H](O1)[C@@H](CSCCCCCC(=O)O)O[C@H]2n1ccc2c(N)ncnc21. The highest BCUT2D eigenvalue weighted by molar-refractivity contribution is 7.99. The number of carbonyl (C=O) groups is 1. The van der Waals surface area contributed by atoms with E-state index in [1.54, 1.807) is 11.8 Å². The van der Waals surface area contributed by atoms with E-state index < -0.39 is 11.8 Å². The minimum Gasteiger partial charge on any atom is -0.481 e. The van der Waals surface area contributed by atoms with E-state index in [4.69, 9.17) is 25.1 Å². The van der Waals surface area contributed by atoms with Crippen molar-refractivity contribution in [3.63, 3.8) is 0 Å². The predicted molar refractivity (Wildman–Crippen MR) is 113 cm³/mol. The fourth-order valence-electron chi connectivity index (χ4n) is 4.07. The molecule has 2 aliphatic heterocycles. The lowest BCUT2D eigenvalue weighted by atomic mass is 10.1. The molecule has 4 heterocycles. The molecule has 2 aliphatic rings. The minimum atomic E-state index is -0.732. The molecule has 0 amide bonds. The van der Waals surface area contributed by atoms with E-state index in [1.165, 1.54) is 6.33 Å². The van der Waals surface area contributed by atoms with Crippen molar-refractivity contribution in [1.82, 2.24) is 14.5 Å². The molecule has 0 aromatic carbocycles. The molecule has 3 N–H and O–H groups in total. The number of hydrogen-bond donors (Lipinski definition) is 2. The number of aliphatic carboxylic acids is 1. The van der Waals surface area contributed by atoms with Crippen LogP contribution in [0.5, 0.6) is 0 Å². The lowest BCUT2D eigenvalue weighted by Crippen LogP contribution is -2.31. The maximum absolute atomic E-state index is 10.6. The first-order valence-electron chi connectivity index (χ1n) is 10.2. The van der Waals surface area contributed by atoms with Gasteiger partial charge < -0.3 is 29.6 Å². The van der Waals surface area contributed by atoms with Crippen molar-refractivity contribution in [2.45, 2.75) is 69.9 Å². The normalized spacial score (nSPS) is 27.5. The van der Waals surface area contributed by atoms with Gasteiger partial charge in [-0.2, -0.15) is 11.8 Å². The summed E-state index contributed by atoms with van der Waals surface area (Å²) < 4.78 is 20.7. The van der Waals surface area contributed by atoms with Gasteiger partial charge in [0, 0.05) is 18.4 Å². The first kappa shape index (κ1) is 21.4. The Labute approximate surface area is 179 Å². The van der Waals surface area contributed by atoms with Gasteiger partial charge in [0.25, 0.3) is 0 Å². The smallest absolute Gasteiger partial charge is 0.303 e. The van der Waals surface area contributed by atoms with Crippen molar-refractivity contribution in [2.24, 2.45) is 0 Å². The molecular weight excluding hydrogens is 408 g/mol. The van der Waals surface area contributed by atoms with Crippen molar-refractivity contribution in [3.8, 4) is 0 Å². The number of nitrogens with two attached hydrogens (primary N) is 1. The van der Waals surface area contributed by atoms with Gasteiger partial charge >= 0.3 is 5.97 Å². The molecule has 0 aliphatic carbocycles. The van der Waals surface area contributed by atoms with Gasteiger partial charge in [-0.1, -0.05) is 6.42 Å². The molecular formula is C20H28N4O5S. The topological polar surface area (TPSA) is 122 Å². The zero-order valence-electron chi connectivity index (χ0n) is 17.2. The van der Waals surface area contributed by atoms with E-state index in [-0.39, 0.29) is 31.0 Å². The van der Waals surface area contributed by atoms with Gasteiger partial charge in [-0.15, -0.1) is 0 Å². The molecule has 2 aromatic heterocycles. The Kier molecular flexibility index (Phi) is 6.19. The third-order valence-electron chi connectivity index (χ3n) is 5.40. The van der Waals surface area contributed by atoms with Gasteiger partial charge in [-0.05, 0) is 38.5 Å². The standard InChI is InChI=1S/C20H28N4O5S/c1-20(2)28-15-13(10-30-9-5-3-4-6-14(25)26)27-19(16(15)29-20)24-8-7-12-17(21)22-11-23-18(12)24/h7-8,11,13,15-16,19H,3-6,9-10H2,1-2H3,(H,25,26)(H2,21,22,23)/t13-,15-,16-,19-/m1/s1. The van der Waals surface area contributed by atoms with Crippen LogP contribution in [0.3, 0.4) is 0 Å². The number of nitrogens with zero attached hydrogens (tertiary/aromatic N) is 3. The van der Waals surface area contributed by atoms with Crippen LogP contribution in [0.25, 0.3) is 11.0 Å². The van der Waals surface area contributed by atoms with E-state index in [0.29, 0.717) is 11.5 Å². The van der Waals surface area contributed by atoms with Crippen LogP contribution in [0.2, 0.25) is 0 Å². The molecule has 0 bridgehead atoms. The molecule has 2 saturated heterocycles. The fraction of sp³-hybridized carbons (Fsp3) is 0.650. The first-order valence-corrected chi connectivity index (χ1v) is 11.4. The van der Waals surface area contributed by atoms with Gasteiger partial charge in [0.2, 0.25) is 0 Å². The van der Waals surface area contributed by atoms with Crippen LogP contribution in [0.15, 0.2) is 18.6 Å². The number of thioether (sulfide) groups is 1. The van der Waals surface area contributed by atoms with Crippen molar-refractivity contribution in [1.29, 1.82) is 0 Å². The molecule has 9 nitrogen and oxygen atoms in total. The summed E-state index contributed by atoms with van der Waals surface area (Å²) in [6.07, 6.45) is 5.35. The summed E-state index contributed by atoms with van der Waals surface area (Å²) in [6, 6.07) is 1.89. The number of fused-ring (bicyclic) bond motifs is 2. The van der Waals surface area contributed by atoms with E-state index >= 15 is 0 Å². The average molecular weight is 437 g/mol. The van der Waals surface area contributed by atoms with E-state index in [0.717, 1.165) is 36.2 Å². The molecule has 164 valence electrons. The van der Waals surface area contributed by atoms with Gasteiger partial charge in [-0.25, -0.2) is 9.97 Å². The fourth-order valence-corrected chi connectivity index (χ4v) is 5.15. The second-order valence-corrected chi connectivity index (χ2v) is 9.28. The van der Waals surface area contributed by atoms with Gasteiger partial charge in [0.15, 0.2) is 12.0 Å².